The molecule has 0 aromatic heterocycles. The highest BCUT2D eigenvalue weighted by Crippen LogP contribution is 2.37. The Hall–Kier alpha value is -0.640. The summed E-state index contributed by atoms with van der Waals surface area (Å²) in [5.41, 5.74) is 6.55. The highest BCUT2D eigenvalue weighted by molar-refractivity contribution is 6.30. The minimum Gasteiger partial charge on any atom is -0.391 e. The van der Waals surface area contributed by atoms with E-state index in [9.17, 15) is 9.50 Å². The first-order chi connectivity index (χ1) is 7.09. The smallest absolute Gasteiger partial charge is 0.141 e. The summed E-state index contributed by atoms with van der Waals surface area (Å²) >= 11 is 5.65. The van der Waals surface area contributed by atoms with Crippen LogP contribution >= 0.6 is 11.6 Å². The van der Waals surface area contributed by atoms with E-state index in [-0.39, 0.29) is 5.02 Å². The van der Waals surface area contributed by atoms with Crippen molar-refractivity contribution in [2.45, 2.75) is 25.0 Å². The number of rotatable bonds is 3. The molecule has 0 bridgehead atoms. The fourth-order valence-corrected chi connectivity index (χ4v) is 1.84. The maximum Gasteiger partial charge on any atom is 0.141 e. The van der Waals surface area contributed by atoms with E-state index >= 15 is 0 Å². The van der Waals surface area contributed by atoms with Crippen LogP contribution in [-0.2, 0) is 0 Å². The van der Waals surface area contributed by atoms with Crippen LogP contribution in [0, 0.1) is 11.7 Å². The number of nitrogens with two attached hydrogens (primary N) is 1. The summed E-state index contributed by atoms with van der Waals surface area (Å²) < 4.78 is 12.9. The molecule has 2 rings (SSSR count). The van der Waals surface area contributed by atoms with Crippen molar-refractivity contribution in [3.8, 4) is 0 Å². The van der Waals surface area contributed by atoms with Crippen molar-refractivity contribution in [3.05, 3.63) is 34.6 Å². The molecular formula is C11H13ClFNO. The van der Waals surface area contributed by atoms with Crippen molar-refractivity contribution in [1.82, 2.24) is 0 Å². The summed E-state index contributed by atoms with van der Waals surface area (Å²) in [6.45, 7) is 0. The van der Waals surface area contributed by atoms with Gasteiger partial charge < -0.3 is 10.8 Å². The molecular weight excluding hydrogens is 217 g/mol. The van der Waals surface area contributed by atoms with Gasteiger partial charge in [-0.1, -0.05) is 17.7 Å². The minimum atomic E-state index is -0.550. The maximum absolute atomic E-state index is 12.9. The number of aliphatic hydroxyl groups excluding tert-OH is 1. The molecule has 15 heavy (non-hydrogen) atoms. The molecule has 3 N–H and O–H groups in total. The Labute approximate surface area is 92.9 Å². The molecule has 4 heteroatoms. The van der Waals surface area contributed by atoms with E-state index in [1.54, 1.807) is 6.07 Å². The Morgan fingerprint density at radius 3 is 2.67 bits per heavy atom. The molecule has 0 saturated heterocycles. The molecule has 0 aliphatic heterocycles. The zero-order valence-electron chi connectivity index (χ0n) is 8.16. The van der Waals surface area contributed by atoms with Gasteiger partial charge in [0.25, 0.3) is 0 Å². The zero-order chi connectivity index (χ0) is 11.0. The molecule has 1 aromatic carbocycles. The normalized spacial score (nSPS) is 20.0. The predicted molar refractivity (Wildman–Crippen MR) is 57.1 cm³/mol. The second kappa shape index (κ2) is 4.08. The van der Waals surface area contributed by atoms with E-state index < -0.39 is 18.0 Å². The molecule has 1 aromatic rings. The third kappa shape index (κ3) is 2.30. The van der Waals surface area contributed by atoms with Gasteiger partial charge >= 0.3 is 0 Å². The first kappa shape index (κ1) is 10.9. The van der Waals surface area contributed by atoms with Crippen LogP contribution in [0.1, 0.15) is 24.4 Å². The van der Waals surface area contributed by atoms with Gasteiger partial charge in [-0.2, -0.15) is 0 Å². The van der Waals surface area contributed by atoms with Gasteiger partial charge in [0.05, 0.1) is 17.2 Å². The standard InChI is InChI=1S/C11H13ClFNO/c12-8-5-7(3-4-9(8)13)10(14)11(15)6-1-2-6/h3-6,10-11,15H,1-2,14H2/t10-,11+/m0/s1. The second-order valence-corrected chi connectivity index (χ2v) is 4.43. The van der Waals surface area contributed by atoms with Gasteiger partial charge in [-0.25, -0.2) is 4.39 Å². The van der Waals surface area contributed by atoms with Gasteiger partial charge in [-0.15, -0.1) is 0 Å². The van der Waals surface area contributed by atoms with Crippen LogP contribution in [0.25, 0.3) is 0 Å². The molecule has 1 saturated carbocycles. The number of hydrogen-bond donors (Lipinski definition) is 2. The Kier molecular flexibility index (Phi) is 2.96. The lowest BCUT2D eigenvalue weighted by molar-refractivity contribution is 0.122. The summed E-state index contributed by atoms with van der Waals surface area (Å²) in [7, 11) is 0. The molecule has 0 heterocycles. The van der Waals surface area contributed by atoms with Crippen LogP contribution in [0.15, 0.2) is 18.2 Å². The minimum absolute atomic E-state index is 0.0472. The van der Waals surface area contributed by atoms with Gasteiger partial charge in [-0.05, 0) is 36.5 Å². The molecule has 82 valence electrons. The van der Waals surface area contributed by atoms with Crippen molar-refractivity contribution in [3.63, 3.8) is 0 Å². The Balaban J connectivity index is 2.17. The summed E-state index contributed by atoms with van der Waals surface area (Å²) in [5, 5.41) is 9.86. The molecule has 2 atom stereocenters. The average Bonchev–Trinajstić information content (AvgIpc) is 3.03. The lowest BCUT2D eigenvalue weighted by atomic mass is 9.99. The topological polar surface area (TPSA) is 46.2 Å². The fourth-order valence-electron chi connectivity index (χ4n) is 1.65. The van der Waals surface area contributed by atoms with E-state index in [2.05, 4.69) is 0 Å². The van der Waals surface area contributed by atoms with Crippen LogP contribution in [0.5, 0.6) is 0 Å². The second-order valence-electron chi connectivity index (χ2n) is 4.03. The molecule has 0 spiro atoms. The van der Waals surface area contributed by atoms with E-state index in [0.717, 1.165) is 12.8 Å². The predicted octanol–water partition coefficient (Wildman–Crippen LogP) is 2.25. The molecule has 0 unspecified atom stereocenters. The number of hydrogen-bond acceptors (Lipinski definition) is 2. The van der Waals surface area contributed by atoms with Gasteiger partial charge in [0.15, 0.2) is 0 Å². The van der Waals surface area contributed by atoms with Crippen LogP contribution < -0.4 is 5.73 Å². The van der Waals surface area contributed by atoms with Crippen LogP contribution in [0.3, 0.4) is 0 Å². The van der Waals surface area contributed by atoms with Crippen LogP contribution in [-0.4, -0.2) is 11.2 Å². The monoisotopic (exact) mass is 229 g/mol. The summed E-state index contributed by atoms with van der Waals surface area (Å²) in [6, 6.07) is 3.84. The summed E-state index contributed by atoms with van der Waals surface area (Å²) in [6.07, 6.45) is 1.49. The Morgan fingerprint density at radius 1 is 1.47 bits per heavy atom. The van der Waals surface area contributed by atoms with Gasteiger partial charge in [-0.3, -0.25) is 0 Å². The van der Waals surface area contributed by atoms with Crippen molar-refractivity contribution in [1.29, 1.82) is 0 Å². The van der Waals surface area contributed by atoms with Gasteiger partial charge in [0, 0.05) is 0 Å². The van der Waals surface area contributed by atoms with Crippen LogP contribution in [0.4, 0.5) is 4.39 Å². The van der Waals surface area contributed by atoms with Crippen molar-refractivity contribution in [2.24, 2.45) is 11.7 Å². The Bertz CT molecular complexity index is 368. The lowest BCUT2D eigenvalue weighted by Gasteiger charge is -2.18. The third-order valence-corrected chi connectivity index (χ3v) is 3.09. The number of aliphatic hydroxyl groups is 1. The highest BCUT2D eigenvalue weighted by atomic mass is 35.5. The first-order valence-electron chi connectivity index (χ1n) is 4.98. The average molecular weight is 230 g/mol. The van der Waals surface area contributed by atoms with Crippen molar-refractivity contribution >= 4 is 11.6 Å². The summed E-state index contributed by atoms with van der Waals surface area (Å²) in [5.74, 6) is -0.169. The Morgan fingerprint density at radius 2 is 2.13 bits per heavy atom. The van der Waals surface area contributed by atoms with Gasteiger partial charge in [0.1, 0.15) is 5.82 Å². The first-order valence-corrected chi connectivity index (χ1v) is 5.36. The van der Waals surface area contributed by atoms with E-state index in [0.29, 0.717) is 11.5 Å². The molecule has 1 aliphatic carbocycles. The molecule has 2 nitrogen and oxygen atoms in total. The maximum atomic E-state index is 12.9. The molecule has 1 aliphatic rings. The molecule has 1 fully saturated rings. The van der Waals surface area contributed by atoms with Crippen molar-refractivity contribution in [2.75, 3.05) is 0 Å². The SMILES string of the molecule is N[C@@H](c1ccc(F)c(Cl)c1)[C@H](O)C1CC1. The van der Waals surface area contributed by atoms with Crippen LogP contribution in [0.2, 0.25) is 5.02 Å². The van der Waals surface area contributed by atoms with E-state index in [4.69, 9.17) is 17.3 Å². The quantitative estimate of drug-likeness (QED) is 0.835. The highest BCUT2D eigenvalue weighted by Gasteiger charge is 2.34. The van der Waals surface area contributed by atoms with E-state index in [1.165, 1.54) is 12.1 Å². The summed E-state index contributed by atoms with van der Waals surface area (Å²) in [4.78, 5) is 0. The largest absolute Gasteiger partial charge is 0.391 e. The third-order valence-electron chi connectivity index (χ3n) is 2.80. The zero-order valence-corrected chi connectivity index (χ0v) is 8.91. The van der Waals surface area contributed by atoms with Crippen molar-refractivity contribution < 1.29 is 9.50 Å². The molecule has 0 amide bonds. The van der Waals surface area contributed by atoms with E-state index in [1.807, 2.05) is 0 Å². The number of benzene rings is 1. The number of halogens is 2. The fraction of sp³-hybridized carbons (Fsp3) is 0.455. The molecule has 0 radical (unpaired) electrons. The lowest BCUT2D eigenvalue weighted by Crippen LogP contribution is -2.27. The van der Waals surface area contributed by atoms with Gasteiger partial charge in [0.2, 0.25) is 0 Å².